The first-order valence-corrected chi connectivity index (χ1v) is 14.2. The number of ether oxygens (including phenoxy) is 1. The second-order valence-electron chi connectivity index (χ2n) is 12.3. The summed E-state index contributed by atoms with van der Waals surface area (Å²) in [6, 6.07) is 2.24. The maximum atomic E-state index is 14.6. The lowest BCUT2D eigenvalue weighted by Crippen LogP contribution is -2.92. The number of hydrogen-bond donors (Lipinski definition) is 5. The Labute approximate surface area is 252 Å². The third kappa shape index (κ3) is 3.85. The fourth-order valence-corrected chi connectivity index (χ4v) is 7.83. The van der Waals surface area contributed by atoms with Gasteiger partial charge in [0.25, 0.3) is 0 Å². The predicted octanol–water partition coefficient (Wildman–Crippen LogP) is -2.73. The van der Waals surface area contributed by atoms with E-state index in [-0.39, 0.29) is 24.1 Å². The molecule has 3 aliphatic carbocycles. The highest BCUT2D eigenvalue weighted by Gasteiger charge is 2.84. The maximum Gasteiger partial charge on any atom is 0.307 e. The number of aromatic hydroxyl groups is 1. The van der Waals surface area contributed by atoms with Crippen LogP contribution in [0.3, 0.4) is 0 Å². The van der Waals surface area contributed by atoms with Gasteiger partial charge in [0.1, 0.15) is 23.3 Å². The van der Waals surface area contributed by atoms with Gasteiger partial charge >= 0.3 is 5.97 Å². The van der Waals surface area contributed by atoms with Crippen molar-refractivity contribution in [2.24, 2.45) is 40.2 Å². The topological polar surface area (TPSA) is 266 Å². The predicted molar refractivity (Wildman–Crippen MR) is 150 cm³/mol. The second kappa shape index (κ2) is 10.5. The molecule has 1 aromatic carbocycles. The highest BCUT2D eigenvalue weighted by atomic mass is 16.5. The van der Waals surface area contributed by atoms with Crippen molar-refractivity contribution in [2.45, 2.75) is 48.5 Å². The number of rotatable bonds is 6. The minimum Gasteiger partial charge on any atom is -0.507 e. The summed E-state index contributed by atoms with van der Waals surface area (Å²) in [6.45, 7) is 1.80. The lowest BCUT2D eigenvalue weighted by Gasteiger charge is -2.64. The van der Waals surface area contributed by atoms with E-state index in [9.17, 15) is 39.1 Å². The van der Waals surface area contributed by atoms with Gasteiger partial charge in [0.15, 0.2) is 34.5 Å². The Bertz CT molecular complexity index is 1530. The summed E-state index contributed by atoms with van der Waals surface area (Å²) in [5.74, 6) is -12.5. The van der Waals surface area contributed by atoms with Crippen LogP contribution in [0.15, 0.2) is 18.2 Å². The van der Waals surface area contributed by atoms with Gasteiger partial charge in [-0.2, -0.15) is 5.26 Å². The van der Waals surface area contributed by atoms with Crippen LogP contribution in [0.5, 0.6) is 5.75 Å². The highest BCUT2D eigenvalue weighted by Crippen LogP contribution is 2.59. The first-order valence-electron chi connectivity index (χ1n) is 14.2. The standard InChI is InChI=1S/C29H35N7O8/c1-35(2)22-20(40)17(25(32)43)23(41)27(12-30)24(42)18-19(39)16-13(6-5-7-14(16)37)21(31)28(18,33)26(29(22,27)34)44-15(38)8-11-36-9-3-4-10-36/h5-7,17-18,21-22,26,37H,3-4,8-11,31,33-34H2,1-2H3,(H2,32,43)/t17?,18?,21-,22+,26-,27-,28+,29-/m0/s1. The van der Waals surface area contributed by atoms with E-state index in [0.717, 1.165) is 25.9 Å². The Balaban J connectivity index is 1.79. The summed E-state index contributed by atoms with van der Waals surface area (Å²) in [5, 5.41) is 21.3. The van der Waals surface area contributed by atoms with E-state index in [0.29, 0.717) is 0 Å². The molecule has 234 valence electrons. The monoisotopic (exact) mass is 609 g/mol. The number of likely N-dealkylation sites (tertiary alicyclic amines) is 1. The van der Waals surface area contributed by atoms with E-state index in [4.69, 9.17) is 27.7 Å². The lowest BCUT2D eigenvalue weighted by molar-refractivity contribution is -0.195. The molecule has 15 heteroatoms. The molecule has 2 saturated carbocycles. The molecule has 3 fully saturated rings. The lowest BCUT2D eigenvalue weighted by atomic mass is 9.41. The number of hydrogen-bond acceptors (Lipinski definition) is 14. The van der Waals surface area contributed by atoms with Crippen LogP contribution in [0.25, 0.3) is 0 Å². The number of Topliss-reactive ketones (excluding diaryl/α,β-unsaturated/α-hetero) is 4. The number of likely N-dealkylation sites (N-methyl/N-ethyl adjacent to an activating group) is 1. The molecule has 2 unspecified atom stereocenters. The molecule has 8 atom stereocenters. The summed E-state index contributed by atoms with van der Waals surface area (Å²) >= 11 is 0. The number of carbonyl (C=O) groups is 6. The van der Waals surface area contributed by atoms with Crippen molar-refractivity contribution < 1.29 is 38.6 Å². The Morgan fingerprint density at radius 2 is 1.77 bits per heavy atom. The number of carbonyl (C=O) groups excluding carboxylic acids is 6. The van der Waals surface area contributed by atoms with Gasteiger partial charge in [-0.1, -0.05) is 12.1 Å². The van der Waals surface area contributed by atoms with Gasteiger partial charge in [-0.05, 0) is 51.7 Å². The minimum absolute atomic E-state index is 0.00222. The summed E-state index contributed by atoms with van der Waals surface area (Å²) in [6.07, 6.45) is -0.377. The number of benzene rings is 1. The van der Waals surface area contributed by atoms with Crippen molar-refractivity contribution in [3.05, 3.63) is 29.3 Å². The van der Waals surface area contributed by atoms with E-state index >= 15 is 0 Å². The molecule has 0 bridgehead atoms. The number of amides is 1. The summed E-state index contributed by atoms with van der Waals surface area (Å²) in [7, 11) is 2.69. The minimum atomic E-state index is -3.12. The summed E-state index contributed by atoms with van der Waals surface area (Å²) < 4.78 is 5.95. The van der Waals surface area contributed by atoms with Crippen LogP contribution in [-0.2, 0) is 28.7 Å². The molecule has 1 aromatic rings. The molecule has 5 rings (SSSR count). The SMILES string of the molecule is CN(C)[C@@H]1C(=O)C(C(N)=O)C(=O)[C@@]2(C#N)C(=O)C3C(=O)c4c(O)cccc4[C@H](N)[C@@]3(N)[C@H](OC(=O)CCN3CCCC3)[C@@]12N. The molecule has 1 heterocycles. The molecular weight excluding hydrogens is 574 g/mol. The molecule has 44 heavy (non-hydrogen) atoms. The number of fused-ring (bicyclic) bond motifs is 3. The van der Waals surface area contributed by atoms with E-state index in [1.807, 2.05) is 4.90 Å². The van der Waals surface area contributed by atoms with Crippen LogP contribution >= 0.6 is 0 Å². The van der Waals surface area contributed by atoms with Gasteiger partial charge in [-0.25, -0.2) is 0 Å². The van der Waals surface area contributed by atoms with Gasteiger partial charge in [0, 0.05) is 6.54 Å². The number of primary amides is 1. The van der Waals surface area contributed by atoms with Crippen molar-refractivity contribution in [3.63, 3.8) is 0 Å². The quantitative estimate of drug-likeness (QED) is 0.162. The Morgan fingerprint density at radius 1 is 1.14 bits per heavy atom. The number of ketones is 4. The molecular formula is C29H35N7O8. The second-order valence-corrected chi connectivity index (χ2v) is 12.3. The smallest absolute Gasteiger partial charge is 0.307 e. The van der Waals surface area contributed by atoms with Gasteiger partial charge in [-0.15, -0.1) is 0 Å². The van der Waals surface area contributed by atoms with Crippen LogP contribution < -0.4 is 22.9 Å². The molecule has 9 N–H and O–H groups in total. The number of nitrogens with zero attached hydrogens (tertiary/aromatic N) is 3. The first kappa shape index (κ1) is 31.4. The normalized spacial score (nSPS) is 36.8. The summed E-state index contributed by atoms with van der Waals surface area (Å²) in [4.78, 5) is 85.9. The first-order chi connectivity index (χ1) is 20.6. The molecule has 1 saturated heterocycles. The fraction of sp³-hybridized carbons (Fsp3) is 0.552. The van der Waals surface area contributed by atoms with Crippen LogP contribution in [0, 0.1) is 28.6 Å². The zero-order chi connectivity index (χ0) is 32.5. The Hall–Kier alpha value is -4.07. The average molecular weight is 610 g/mol. The van der Waals surface area contributed by atoms with Crippen LogP contribution in [0.4, 0.5) is 0 Å². The number of phenolic OH excluding ortho intramolecular Hbond substituents is 1. The van der Waals surface area contributed by atoms with E-state index in [1.54, 1.807) is 6.07 Å². The molecule has 0 aromatic heterocycles. The fourth-order valence-electron chi connectivity index (χ4n) is 7.83. The van der Waals surface area contributed by atoms with E-state index < -0.39 is 87.3 Å². The Morgan fingerprint density at radius 3 is 2.34 bits per heavy atom. The largest absolute Gasteiger partial charge is 0.507 e. The molecule has 4 aliphatic rings. The molecule has 0 spiro atoms. The number of phenols is 1. The van der Waals surface area contributed by atoms with E-state index in [1.165, 1.54) is 37.2 Å². The molecule has 1 amide bonds. The molecule has 15 nitrogen and oxygen atoms in total. The zero-order valence-electron chi connectivity index (χ0n) is 24.3. The van der Waals surface area contributed by atoms with Gasteiger partial charge in [-0.3, -0.25) is 33.7 Å². The Kier molecular flexibility index (Phi) is 7.50. The van der Waals surface area contributed by atoms with Crippen molar-refractivity contribution in [3.8, 4) is 11.8 Å². The van der Waals surface area contributed by atoms with Crippen LogP contribution in [0.1, 0.15) is 41.2 Å². The van der Waals surface area contributed by atoms with Crippen molar-refractivity contribution in [2.75, 3.05) is 33.7 Å². The van der Waals surface area contributed by atoms with Crippen LogP contribution in [-0.4, -0.2) is 107 Å². The van der Waals surface area contributed by atoms with E-state index in [2.05, 4.69) is 0 Å². The number of esters is 1. The zero-order valence-corrected chi connectivity index (χ0v) is 24.3. The number of nitrogens with two attached hydrogens (primary N) is 4. The van der Waals surface area contributed by atoms with Crippen molar-refractivity contribution in [1.82, 2.24) is 9.80 Å². The van der Waals surface area contributed by atoms with Crippen LogP contribution in [0.2, 0.25) is 0 Å². The molecule has 0 radical (unpaired) electrons. The van der Waals surface area contributed by atoms with Gasteiger partial charge in [0.2, 0.25) is 5.91 Å². The van der Waals surface area contributed by atoms with Gasteiger partial charge < -0.3 is 37.7 Å². The third-order valence-electron chi connectivity index (χ3n) is 9.81. The van der Waals surface area contributed by atoms with Crippen molar-refractivity contribution in [1.29, 1.82) is 5.26 Å². The molecule has 1 aliphatic heterocycles. The highest BCUT2D eigenvalue weighted by molar-refractivity contribution is 6.33. The average Bonchev–Trinajstić information content (AvgIpc) is 3.46. The maximum absolute atomic E-state index is 14.6. The third-order valence-corrected chi connectivity index (χ3v) is 9.81. The van der Waals surface area contributed by atoms with Gasteiger partial charge in [0.05, 0.1) is 35.7 Å². The number of nitriles is 1. The van der Waals surface area contributed by atoms with Crippen molar-refractivity contribution >= 4 is 35.0 Å². The summed E-state index contributed by atoms with van der Waals surface area (Å²) in [5.41, 5.74) is 17.4.